The molecule has 0 bridgehead atoms. The molecular weight excluding hydrogens is 444 g/mol. The molecule has 0 spiro atoms. The Kier molecular flexibility index (Phi) is 7.15. The number of ether oxygens (including phenoxy) is 1. The minimum Gasteiger partial charge on any atom is -0.480 e. The number of amides is 2. The molecule has 2 amide bonds. The summed E-state index contributed by atoms with van der Waals surface area (Å²) >= 11 is 0. The first-order chi connectivity index (χ1) is 16.7. The quantitative estimate of drug-likeness (QED) is 0.576. The van der Waals surface area contributed by atoms with Crippen molar-refractivity contribution in [3.8, 4) is 11.1 Å². The second-order valence-corrected chi connectivity index (χ2v) is 10.1. The minimum absolute atomic E-state index is 0.0144. The summed E-state index contributed by atoms with van der Waals surface area (Å²) in [5, 5.41) is 12.4. The number of benzene rings is 2. The molecular formula is C28H34N2O5. The van der Waals surface area contributed by atoms with Crippen molar-refractivity contribution < 1.29 is 24.2 Å². The summed E-state index contributed by atoms with van der Waals surface area (Å²) in [7, 11) is 0. The lowest BCUT2D eigenvalue weighted by Crippen LogP contribution is -2.51. The molecule has 2 N–H and O–H groups in total. The fraction of sp³-hybridized carbons (Fsp3) is 0.464. The molecule has 4 rings (SSSR count). The summed E-state index contributed by atoms with van der Waals surface area (Å²) in [5.41, 5.74) is 3.49. The minimum atomic E-state index is -1.15. The normalized spacial score (nSPS) is 19.8. The Morgan fingerprint density at radius 2 is 1.69 bits per heavy atom. The lowest BCUT2D eigenvalue weighted by atomic mass is 9.91. The molecule has 1 fully saturated rings. The number of carbonyl (C=O) groups is 3. The van der Waals surface area contributed by atoms with Crippen LogP contribution in [0, 0.1) is 11.8 Å². The van der Waals surface area contributed by atoms with Crippen LogP contribution in [-0.4, -0.2) is 53.2 Å². The maximum absolute atomic E-state index is 13.0. The molecule has 1 aliphatic carbocycles. The number of nitrogens with zero attached hydrogens (tertiary/aromatic N) is 1. The van der Waals surface area contributed by atoms with Crippen LogP contribution < -0.4 is 5.32 Å². The number of aliphatic carboxylic acids is 1. The predicted octanol–water partition coefficient (Wildman–Crippen LogP) is 4.65. The van der Waals surface area contributed by atoms with Crippen LogP contribution in [0.25, 0.3) is 11.1 Å². The van der Waals surface area contributed by atoms with Gasteiger partial charge in [-0.2, -0.15) is 0 Å². The molecule has 2 atom stereocenters. The zero-order valence-electron chi connectivity index (χ0n) is 20.6. The van der Waals surface area contributed by atoms with Crippen LogP contribution in [0.3, 0.4) is 0 Å². The van der Waals surface area contributed by atoms with Crippen LogP contribution in [0.1, 0.15) is 57.1 Å². The van der Waals surface area contributed by atoms with Gasteiger partial charge in [0.25, 0.3) is 0 Å². The van der Waals surface area contributed by atoms with Gasteiger partial charge >= 0.3 is 12.1 Å². The molecule has 7 nitrogen and oxygen atoms in total. The average Bonchev–Trinajstić information content (AvgIpc) is 3.39. The van der Waals surface area contributed by atoms with E-state index < -0.39 is 17.6 Å². The summed E-state index contributed by atoms with van der Waals surface area (Å²) < 4.78 is 5.62. The molecule has 1 unspecified atom stereocenters. The number of carboxylic acid groups (broad SMARTS) is 1. The van der Waals surface area contributed by atoms with Gasteiger partial charge in [0.1, 0.15) is 12.1 Å². The average molecular weight is 479 g/mol. The largest absolute Gasteiger partial charge is 0.480 e. The number of likely N-dealkylation sites (tertiary alicyclic amines) is 1. The summed E-state index contributed by atoms with van der Waals surface area (Å²) in [5.74, 6) is -1.16. The molecule has 1 aliphatic heterocycles. The Bertz CT molecular complexity index is 1070. The van der Waals surface area contributed by atoms with E-state index in [1.54, 1.807) is 6.92 Å². The highest BCUT2D eigenvalue weighted by Crippen LogP contribution is 2.44. The van der Waals surface area contributed by atoms with E-state index in [2.05, 4.69) is 29.6 Å². The molecule has 35 heavy (non-hydrogen) atoms. The van der Waals surface area contributed by atoms with Crippen molar-refractivity contribution in [3.63, 3.8) is 0 Å². The summed E-state index contributed by atoms with van der Waals surface area (Å²) in [6.45, 7) is 6.58. The van der Waals surface area contributed by atoms with Gasteiger partial charge in [-0.25, -0.2) is 9.59 Å². The number of hydrogen-bond acceptors (Lipinski definition) is 4. The monoisotopic (exact) mass is 478 g/mol. The second-order valence-electron chi connectivity index (χ2n) is 10.1. The molecule has 186 valence electrons. The first kappa shape index (κ1) is 24.8. The fourth-order valence-corrected chi connectivity index (χ4v) is 5.33. The first-order valence-electron chi connectivity index (χ1n) is 12.3. The van der Waals surface area contributed by atoms with Gasteiger partial charge in [0.05, 0.1) is 0 Å². The molecule has 0 saturated carbocycles. The van der Waals surface area contributed by atoms with Crippen LogP contribution in [0.5, 0.6) is 0 Å². The fourth-order valence-electron chi connectivity index (χ4n) is 5.33. The van der Waals surface area contributed by atoms with Crippen LogP contribution in [0.15, 0.2) is 48.5 Å². The maximum atomic E-state index is 13.0. The molecule has 1 saturated heterocycles. The number of carboxylic acids is 1. The molecule has 2 aromatic carbocycles. The summed E-state index contributed by atoms with van der Waals surface area (Å²) in [6.07, 6.45) is 0.808. The van der Waals surface area contributed by atoms with Crippen LogP contribution >= 0.6 is 0 Å². The Morgan fingerprint density at radius 3 is 2.26 bits per heavy atom. The summed E-state index contributed by atoms with van der Waals surface area (Å²) in [6, 6.07) is 16.4. The van der Waals surface area contributed by atoms with Crippen LogP contribution in [-0.2, 0) is 14.3 Å². The van der Waals surface area contributed by atoms with E-state index in [-0.39, 0.29) is 43.2 Å². The standard InChI is InChI=1S/C28H34N2O5/c1-18(2)19(15-25(31)30-14-8-13-28(30,3)26(32)33)16-29-27(34)35-17-24-22-11-6-4-9-20(22)21-10-5-7-12-23(21)24/h4-7,9-12,18-19,24H,8,13-17H2,1-3H3,(H,29,34)(H,32,33)/t19?,28-/m0/s1. The molecule has 2 aromatic rings. The zero-order chi connectivity index (χ0) is 25.2. The van der Waals surface area contributed by atoms with Gasteiger partial charge < -0.3 is 20.1 Å². The Morgan fingerprint density at radius 1 is 1.09 bits per heavy atom. The van der Waals surface area contributed by atoms with E-state index in [1.165, 1.54) is 16.0 Å². The third-order valence-corrected chi connectivity index (χ3v) is 7.63. The lowest BCUT2D eigenvalue weighted by Gasteiger charge is -2.33. The van der Waals surface area contributed by atoms with Crippen molar-refractivity contribution in [2.24, 2.45) is 11.8 Å². The van der Waals surface area contributed by atoms with Gasteiger partial charge in [-0.1, -0.05) is 62.4 Å². The number of alkyl carbamates (subject to hydrolysis) is 1. The highest BCUT2D eigenvalue weighted by molar-refractivity contribution is 5.87. The van der Waals surface area contributed by atoms with E-state index in [0.717, 1.165) is 11.1 Å². The van der Waals surface area contributed by atoms with Gasteiger partial charge in [0, 0.05) is 25.4 Å². The first-order valence-corrected chi connectivity index (χ1v) is 12.3. The third kappa shape index (κ3) is 4.90. The van der Waals surface area contributed by atoms with Gasteiger partial charge in [-0.3, -0.25) is 4.79 Å². The van der Waals surface area contributed by atoms with Crippen molar-refractivity contribution in [1.82, 2.24) is 10.2 Å². The van der Waals surface area contributed by atoms with Crippen molar-refractivity contribution in [1.29, 1.82) is 0 Å². The highest BCUT2D eigenvalue weighted by Gasteiger charge is 2.46. The van der Waals surface area contributed by atoms with Crippen LogP contribution in [0.4, 0.5) is 4.79 Å². The summed E-state index contributed by atoms with van der Waals surface area (Å²) in [4.78, 5) is 38.8. The smallest absolute Gasteiger partial charge is 0.407 e. The van der Waals surface area contributed by atoms with Crippen molar-refractivity contribution in [2.75, 3.05) is 19.7 Å². The highest BCUT2D eigenvalue weighted by atomic mass is 16.5. The maximum Gasteiger partial charge on any atom is 0.407 e. The van der Waals surface area contributed by atoms with Gasteiger partial charge in [-0.15, -0.1) is 0 Å². The number of carbonyl (C=O) groups excluding carboxylic acids is 2. The number of nitrogens with one attached hydrogen (secondary N) is 1. The number of fused-ring (bicyclic) bond motifs is 3. The van der Waals surface area contributed by atoms with E-state index in [4.69, 9.17) is 4.74 Å². The zero-order valence-corrected chi connectivity index (χ0v) is 20.6. The van der Waals surface area contributed by atoms with Gasteiger partial charge in [-0.05, 0) is 53.9 Å². The molecule has 7 heteroatoms. The second kappa shape index (κ2) is 10.1. The predicted molar refractivity (Wildman–Crippen MR) is 133 cm³/mol. The van der Waals surface area contributed by atoms with E-state index in [9.17, 15) is 19.5 Å². The Hall–Kier alpha value is -3.35. The van der Waals surface area contributed by atoms with E-state index in [0.29, 0.717) is 19.4 Å². The van der Waals surface area contributed by atoms with Gasteiger partial charge in [0.15, 0.2) is 0 Å². The molecule has 1 heterocycles. The Labute approximate surface area is 206 Å². The molecule has 0 radical (unpaired) electrons. The van der Waals surface area contributed by atoms with Crippen molar-refractivity contribution in [2.45, 2.75) is 51.5 Å². The lowest BCUT2D eigenvalue weighted by molar-refractivity contribution is -0.155. The Balaban J connectivity index is 1.34. The van der Waals surface area contributed by atoms with Crippen molar-refractivity contribution in [3.05, 3.63) is 59.7 Å². The third-order valence-electron chi connectivity index (χ3n) is 7.63. The number of rotatable bonds is 8. The molecule has 2 aliphatic rings. The topological polar surface area (TPSA) is 95.9 Å². The van der Waals surface area contributed by atoms with Gasteiger partial charge in [0.2, 0.25) is 5.91 Å². The van der Waals surface area contributed by atoms with Crippen molar-refractivity contribution >= 4 is 18.0 Å². The molecule has 0 aromatic heterocycles. The SMILES string of the molecule is CC(C)C(CNC(=O)OCC1c2ccccc2-c2ccccc21)CC(=O)N1CCC[C@@]1(C)C(=O)O. The number of hydrogen-bond donors (Lipinski definition) is 2. The van der Waals surface area contributed by atoms with E-state index in [1.807, 2.05) is 38.1 Å². The van der Waals surface area contributed by atoms with E-state index >= 15 is 0 Å². The van der Waals surface area contributed by atoms with Crippen LogP contribution in [0.2, 0.25) is 0 Å².